The van der Waals surface area contributed by atoms with Crippen LogP contribution in [0.4, 0.5) is 0 Å². The summed E-state index contributed by atoms with van der Waals surface area (Å²) in [5.74, 6) is 0.456. The Morgan fingerprint density at radius 1 is 1.25 bits per heavy atom. The number of carbonyl (C=O) groups is 1. The van der Waals surface area contributed by atoms with E-state index in [0.717, 1.165) is 21.5 Å². The Kier molecular flexibility index (Phi) is 4.59. The summed E-state index contributed by atoms with van der Waals surface area (Å²) >= 11 is 7.79. The SMILES string of the molecule is CCN(CC)C(=O)c1sc2ncn3nc(-c4nn(C)c(C)c4Cl)nc3c2c1C. The molecule has 0 aliphatic rings. The fourth-order valence-electron chi connectivity index (χ4n) is 3.22. The highest BCUT2D eigenvalue weighted by atomic mass is 35.5. The second kappa shape index (κ2) is 6.82. The molecule has 0 bridgehead atoms. The fraction of sp³-hybridized carbons (Fsp3) is 0.389. The number of aromatic nitrogens is 6. The van der Waals surface area contributed by atoms with Gasteiger partial charge in [0.1, 0.15) is 11.2 Å². The fourth-order valence-corrected chi connectivity index (χ4v) is 4.57. The van der Waals surface area contributed by atoms with Gasteiger partial charge in [0.05, 0.1) is 21.0 Å². The molecule has 0 N–H and O–H groups in total. The Labute approximate surface area is 170 Å². The van der Waals surface area contributed by atoms with Crippen molar-refractivity contribution >= 4 is 44.7 Å². The molecule has 0 spiro atoms. The molecule has 4 aromatic heterocycles. The monoisotopic (exact) mass is 417 g/mol. The van der Waals surface area contributed by atoms with Gasteiger partial charge in [0.15, 0.2) is 11.3 Å². The number of aryl methyl sites for hydroxylation is 2. The number of hydrogen-bond acceptors (Lipinski definition) is 6. The van der Waals surface area contributed by atoms with Crippen LogP contribution in [0.15, 0.2) is 6.33 Å². The number of carbonyl (C=O) groups excluding carboxylic acids is 1. The third-order valence-corrected chi connectivity index (χ3v) is 6.63. The van der Waals surface area contributed by atoms with Crippen molar-refractivity contribution < 1.29 is 4.79 Å². The van der Waals surface area contributed by atoms with Gasteiger partial charge in [0.2, 0.25) is 5.82 Å². The topological polar surface area (TPSA) is 81.2 Å². The van der Waals surface area contributed by atoms with Crippen LogP contribution in [0.3, 0.4) is 0 Å². The smallest absolute Gasteiger partial charge is 0.264 e. The number of nitrogens with zero attached hydrogens (tertiary/aromatic N) is 7. The highest BCUT2D eigenvalue weighted by Gasteiger charge is 2.24. The average molecular weight is 418 g/mol. The molecule has 0 atom stereocenters. The van der Waals surface area contributed by atoms with Crippen molar-refractivity contribution in [2.24, 2.45) is 7.05 Å². The van der Waals surface area contributed by atoms with Crippen LogP contribution in [-0.4, -0.2) is 53.3 Å². The van der Waals surface area contributed by atoms with Gasteiger partial charge in [-0.15, -0.1) is 16.4 Å². The van der Waals surface area contributed by atoms with Crippen LogP contribution in [0.25, 0.3) is 27.4 Å². The lowest BCUT2D eigenvalue weighted by Gasteiger charge is -2.17. The van der Waals surface area contributed by atoms with E-state index in [1.165, 1.54) is 11.3 Å². The summed E-state index contributed by atoms with van der Waals surface area (Å²) in [5, 5.41) is 10.3. The van der Waals surface area contributed by atoms with E-state index >= 15 is 0 Å². The molecule has 0 aromatic carbocycles. The van der Waals surface area contributed by atoms with Crippen molar-refractivity contribution in [3.05, 3.63) is 27.5 Å². The maximum atomic E-state index is 12.9. The third kappa shape index (κ3) is 2.68. The number of hydrogen-bond donors (Lipinski definition) is 0. The lowest BCUT2D eigenvalue weighted by molar-refractivity contribution is 0.0777. The van der Waals surface area contributed by atoms with E-state index in [4.69, 9.17) is 11.6 Å². The summed E-state index contributed by atoms with van der Waals surface area (Å²) in [4.78, 5) is 25.3. The minimum Gasteiger partial charge on any atom is -0.338 e. The van der Waals surface area contributed by atoms with Crippen molar-refractivity contribution in [3.63, 3.8) is 0 Å². The molecule has 0 aliphatic carbocycles. The van der Waals surface area contributed by atoms with Crippen molar-refractivity contribution in [3.8, 4) is 11.5 Å². The van der Waals surface area contributed by atoms with Crippen LogP contribution in [0.2, 0.25) is 5.02 Å². The third-order valence-electron chi connectivity index (χ3n) is 4.99. The zero-order valence-corrected chi connectivity index (χ0v) is 17.9. The van der Waals surface area contributed by atoms with Crippen molar-refractivity contribution in [1.82, 2.24) is 34.3 Å². The maximum Gasteiger partial charge on any atom is 0.264 e. The number of amides is 1. The minimum absolute atomic E-state index is 0.0202. The molecule has 0 saturated carbocycles. The van der Waals surface area contributed by atoms with E-state index in [2.05, 4.69) is 20.2 Å². The molecule has 4 rings (SSSR count). The predicted octanol–water partition coefficient (Wildman–Crippen LogP) is 3.49. The molecule has 8 nitrogen and oxygen atoms in total. The van der Waals surface area contributed by atoms with Crippen molar-refractivity contribution in [2.45, 2.75) is 27.7 Å². The van der Waals surface area contributed by atoms with Crippen molar-refractivity contribution in [1.29, 1.82) is 0 Å². The highest BCUT2D eigenvalue weighted by molar-refractivity contribution is 7.20. The van der Waals surface area contributed by atoms with Crippen molar-refractivity contribution in [2.75, 3.05) is 13.1 Å². The highest BCUT2D eigenvalue weighted by Crippen LogP contribution is 2.34. The van der Waals surface area contributed by atoms with Gasteiger partial charge in [0, 0.05) is 20.1 Å². The average Bonchev–Trinajstić information content (AvgIpc) is 3.32. The Bertz CT molecular complexity index is 1220. The largest absolute Gasteiger partial charge is 0.338 e. The van der Waals surface area contributed by atoms with E-state index in [1.54, 1.807) is 20.4 Å². The van der Waals surface area contributed by atoms with Gasteiger partial charge in [-0.2, -0.15) is 5.10 Å². The van der Waals surface area contributed by atoms with E-state index in [9.17, 15) is 4.79 Å². The molecule has 28 heavy (non-hydrogen) atoms. The normalized spacial score (nSPS) is 11.6. The first-order valence-electron chi connectivity index (χ1n) is 9.00. The van der Waals surface area contributed by atoms with Gasteiger partial charge in [0.25, 0.3) is 5.91 Å². The molecular weight excluding hydrogens is 398 g/mol. The zero-order chi connectivity index (χ0) is 20.2. The summed E-state index contributed by atoms with van der Waals surface area (Å²) in [6.07, 6.45) is 1.61. The van der Waals surface area contributed by atoms with Crippen LogP contribution < -0.4 is 0 Å². The lowest BCUT2D eigenvalue weighted by atomic mass is 10.2. The van der Waals surface area contributed by atoms with Crippen LogP contribution >= 0.6 is 22.9 Å². The molecular formula is C18H20ClN7OS. The van der Waals surface area contributed by atoms with Gasteiger partial charge < -0.3 is 4.90 Å². The van der Waals surface area contributed by atoms with Crippen LogP contribution in [0, 0.1) is 13.8 Å². The first-order chi connectivity index (χ1) is 13.4. The number of halogens is 1. The Morgan fingerprint density at radius 3 is 2.57 bits per heavy atom. The van der Waals surface area contributed by atoms with Crippen LogP contribution in [0.5, 0.6) is 0 Å². The minimum atomic E-state index is 0.0202. The van der Waals surface area contributed by atoms with Crippen LogP contribution in [0.1, 0.15) is 34.8 Å². The standard InChI is InChI=1S/C18H20ClN7OS/c1-6-25(7-2)18(27)14-9(3)11-16-21-15(13-12(19)10(4)24(5)22-13)23-26(16)8-20-17(11)28-14/h8H,6-7H2,1-5H3. The molecule has 0 saturated heterocycles. The first kappa shape index (κ1) is 18.8. The summed E-state index contributed by atoms with van der Waals surface area (Å²) in [6, 6.07) is 0. The predicted molar refractivity (Wildman–Crippen MR) is 110 cm³/mol. The summed E-state index contributed by atoms with van der Waals surface area (Å²) in [5.41, 5.74) is 2.90. The van der Waals surface area contributed by atoms with Gasteiger partial charge in [-0.25, -0.2) is 14.5 Å². The maximum absolute atomic E-state index is 12.9. The molecule has 4 aromatic rings. The van der Waals surface area contributed by atoms with Gasteiger partial charge in [-0.3, -0.25) is 9.48 Å². The summed E-state index contributed by atoms with van der Waals surface area (Å²) < 4.78 is 3.32. The molecule has 4 heterocycles. The first-order valence-corrected chi connectivity index (χ1v) is 10.2. The number of rotatable bonds is 4. The molecule has 0 unspecified atom stereocenters. The van der Waals surface area contributed by atoms with Gasteiger partial charge >= 0.3 is 0 Å². The lowest BCUT2D eigenvalue weighted by Crippen LogP contribution is -2.30. The van der Waals surface area contributed by atoms with Gasteiger partial charge in [-0.1, -0.05) is 11.6 Å². The number of fused-ring (bicyclic) bond motifs is 3. The Balaban J connectivity index is 1.91. The molecule has 0 fully saturated rings. The molecule has 146 valence electrons. The van der Waals surface area contributed by atoms with E-state index in [1.807, 2.05) is 34.7 Å². The van der Waals surface area contributed by atoms with E-state index in [-0.39, 0.29) is 5.91 Å². The Hall–Kier alpha value is -2.52. The Morgan fingerprint density at radius 2 is 1.96 bits per heavy atom. The second-order valence-electron chi connectivity index (χ2n) is 6.53. The second-order valence-corrected chi connectivity index (χ2v) is 7.91. The number of thiophene rings is 1. The van der Waals surface area contributed by atoms with E-state index in [0.29, 0.717) is 40.2 Å². The van der Waals surface area contributed by atoms with Gasteiger partial charge in [-0.05, 0) is 33.3 Å². The quantitative estimate of drug-likeness (QED) is 0.507. The molecule has 1 amide bonds. The van der Waals surface area contributed by atoms with E-state index < -0.39 is 0 Å². The zero-order valence-electron chi connectivity index (χ0n) is 16.3. The summed E-state index contributed by atoms with van der Waals surface area (Å²) in [7, 11) is 1.83. The van der Waals surface area contributed by atoms with Crippen LogP contribution in [-0.2, 0) is 7.05 Å². The summed E-state index contributed by atoms with van der Waals surface area (Å²) in [6.45, 7) is 9.11. The molecule has 0 aliphatic heterocycles. The molecule has 0 radical (unpaired) electrons. The molecule has 10 heteroatoms.